The van der Waals surface area contributed by atoms with Crippen LogP contribution in [-0.4, -0.2) is 43.0 Å². The van der Waals surface area contributed by atoms with E-state index in [-0.39, 0.29) is 5.91 Å². The van der Waals surface area contributed by atoms with E-state index in [2.05, 4.69) is 10.2 Å². The molecule has 1 amide bonds. The number of primary amides is 1. The molecule has 0 atom stereocenters. The van der Waals surface area contributed by atoms with E-state index in [0.717, 1.165) is 18.5 Å². The number of likely N-dealkylation sites (tertiary alicyclic amines) is 1. The van der Waals surface area contributed by atoms with Gasteiger partial charge in [0.05, 0.1) is 6.54 Å². The maximum absolute atomic E-state index is 10.5. The van der Waals surface area contributed by atoms with Crippen LogP contribution in [0.4, 0.5) is 0 Å². The Balaban J connectivity index is 1.58. The first kappa shape index (κ1) is 10.9. The molecule has 4 heteroatoms. The Kier molecular flexibility index (Phi) is 3.59. The zero-order chi connectivity index (χ0) is 10.7. The number of hydrogen-bond donors (Lipinski definition) is 2. The fourth-order valence-electron chi connectivity index (χ4n) is 2.36. The monoisotopic (exact) mass is 211 g/mol. The summed E-state index contributed by atoms with van der Waals surface area (Å²) in [6, 6.07) is 0.907. The van der Waals surface area contributed by atoms with E-state index in [1.807, 2.05) is 0 Å². The van der Waals surface area contributed by atoms with Gasteiger partial charge in [-0.05, 0) is 51.2 Å². The SMILES string of the molecule is NC(=O)CNCC1CCN(C2CC2)CC1. The Bertz CT molecular complexity index is 220. The first-order valence-corrected chi connectivity index (χ1v) is 5.99. The van der Waals surface area contributed by atoms with Gasteiger partial charge in [-0.3, -0.25) is 4.79 Å². The van der Waals surface area contributed by atoms with Crippen molar-refractivity contribution in [2.24, 2.45) is 11.7 Å². The molecular formula is C11H21N3O. The third-order valence-corrected chi connectivity index (χ3v) is 3.44. The maximum Gasteiger partial charge on any atom is 0.231 e. The normalized spacial score (nSPS) is 24.3. The third-order valence-electron chi connectivity index (χ3n) is 3.44. The highest BCUT2D eigenvalue weighted by Gasteiger charge is 2.31. The molecule has 3 N–H and O–H groups in total. The van der Waals surface area contributed by atoms with Gasteiger partial charge in [0.1, 0.15) is 0 Å². The smallest absolute Gasteiger partial charge is 0.231 e. The van der Waals surface area contributed by atoms with Crippen LogP contribution in [0.1, 0.15) is 25.7 Å². The van der Waals surface area contributed by atoms with Crippen molar-refractivity contribution in [2.75, 3.05) is 26.2 Å². The summed E-state index contributed by atoms with van der Waals surface area (Å²) in [5.41, 5.74) is 5.07. The second-order valence-corrected chi connectivity index (χ2v) is 4.81. The highest BCUT2D eigenvalue weighted by atomic mass is 16.1. The lowest BCUT2D eigenvalue weighted by molar-refractivity contribution is -0.117. The summed E-state index contributed by atoms with van der Waals surface area (Å²) in [6.07, 6.45) is 5.35. The number of piperidine rings is 1. The van der Waals surface area contributed by atoms with Gasteiger partial charge in [0.15, 0.2) is 0 Å². The number of nitrogens with one attached hydrogen (secondary N) is 1. The van der Waals surface area contributed by atoms with Crippen LogP contribution < -0.4 is 11.1 Å². The molecule has 1 heterocycles. The van der Waals surface area contributed by atoms with Crippen molar-refractivity contribution in [3.63, 3.8) is 0 Å². The Morgan fingerprint density at radius 1 is 1.27 bits per heavy atom. The molecule has 1 saturated carbocycles. The van der Waals surface area contributed by atoms with Crippen molar-refractivity contribution >= 4 is 5.91 Å². The molecule has 0 radical (unpaired) electrons. The molecule has 0 bridgehead atoms. The fourth-order valence-corrected chi connectivity index (χ4v) is 2.36. The maximum atomic E-state index is 10.5. The highest BCUT2D eigenvalue weighted by molar-refractivity contribution is 5.75. The van der Waals surface area contributed by atoms with Crippen LogP contribution in [0.25, 0.3) is 0 Å². The molecule has 15 heavy (non-hydrogen) atoms. The van der Waals surface area contributed by atoms with Crippen LogP contribution in [0.5, 0.6) is 0 Å². The Morgan fingerprint density at radius 2 is 1.93 bits per heavy atom. The van der Waals surface area contributed by atoms with Crippen molar-refractivity contribution in [1.82, 2.24) is 10.2 Å². The lowest BCUT2D eigenvalue weighted by Gasteiger charge is -2.32. The van der Waals surface area contributed by atoms with Gasteiger partial charge >= 0.3 is 0 Å². The van der Waals surface area contributed by atoms with Crippen molar-refractivity contribution in [1.29, 1.82) is 0 Å². The van der Waals surface area contributed by atoms with Crippen molar-refractivity contribution in [2.45, 2.75) is 31.7 Å². The number of carbonyl (C=O) groups excluding carboxylic acids is 1. The zero-order valence-electron chi connectivity index (χ0n) is 9.24. The van der Waals surface area contributed by atoms with Crippen molar-refractivity contribution in [3.05, 3.63) is 0 Å². The minimum atomic E-state index is -0.259. The summed E-state index contributed by atoms with van der Waals surface area (Å²) in [7, 11) is 0. The number of carbonyl (C=O) groups is 1. The predicted molar refractivity (Wildman–Crippen MR) is 59.4 cm³/mol. The second-order valence-electron chi connectivity index (χ2n) is 4.81. The molecule has 2 rings (SSSR count). The van der Waals surface area contributed by atoms with Gasteiger partial charge in [0.2, 0.25) is 5.91 Å². The van der Waals surface area contributed by atoms with Gasteiger partial charge in [-0.15, -0.1) is 0 Å². The minimum Gasteiger partial charge on any atom is -0.369 e. The topological polar surface area (TPSA) is 58.4 Å². The Hall–Kier alpha value is -0.610. The molecule has 4 nitrogen and oxygen atoms in total. The molecule has 2 fully saturated rings. The lowest BCUT2D eigenvalue weighted by Crippen LogP contribution is -2.39. The average molecular weight is 211 g/mol. The van der Waals surface area contributed by atoms with E-state index in [9.17, 15) is 4.79 Å². The van der Waals surface area contributed by atoms with Crippen molar-refractivity contribution < 1.29 is 4.79 Å². The summed E-state index contributed by atoms with van der Waals surface area (Å²) in [5, 5.41) is 3.12. The molecule has 0 aromatic rings. The number of nitrogens with two attached hydrogens (primary N) is 1. The molecule has 1 saturated heterocycles. The van der Waals surface area contributed by atoms with Gasteiger partial charge in [0.25, 0.3) is 0 Å². The van der Waals surface area contributed by atoms with Crippen LogP contribution in [0, 0.1) is 5.92 Å². The molecule has 86 valence electrons. The zero-order valence-corrected chi connectivity index (χ0v) is 9.24. The molecule has 1 aliphatic heterocycles. The third kappa shape index (κ3) is 3.47. The first-order valence-electron chi connectivity index (χ1n) is 5.99. The van der Waals surface area contributed by atoms with Gasteiger partial charge in [-0.2, -0.15) is 0 Å². The molecular weight excluding hydrogens is 190 g/mol. The number of amides is 1. The largest absolute Gasteiger partial charge is 0.369 e. The van der Waals surface area contributed by atoms with Crippen LogP contribution in [0.2, 0.25) is 0 Å². The molecule has 0 aromatic heterocycles. The number of hydrogen-bond acceptors (Lipinski definition) is 3. The van der Waals surface area contributed by atoms with E-state index in [1.165, 1.54) is 38.8 Å². The van der Waals surface area contributed by atoms with Gasteiger partial charge in [0, 0.05) is 6.04 Å². The average Bonchev–Trinajstić information content (AvgIpc) is 3.02. The summed E-state index contributed by atoms with van der Waals surface area (Å²) >= 11 is 0. The molecule has 0 spiro atoms. The van der Waals surface area contributed by atoms with E-state index in [1.54, 1.807) is 0 Å². The summed E-state index contributed by atoms with van der Waals surface area (Å²) < 4.78 is 0. The number of nitrogens with zero attached hydrogens (tertiary/aromatic N) is 1. The Labute approximate surface area is 91.2 Å². The quantitative estimate of drug-likeness (QED) is 0.669. The fraction of sp³-hybridized carbons (Fsp3) is 0.909. The van der Waals surface area contributed by atoms with E-state index in [4.69, 9.17) is 5.73 Å². The summed E-state index contributed by atoms with van der Waals surface area (Å²) in [6.45, 7) is 3.76. The summed E-state index contributed by atoms with van der Waals surface area (Å²) in [4.78, 5) is 13.2. The predicted octanol–water partition coefficient (Wildman–Crippen LogP) is -0.0643. The van der Waals surface area contributed by atoms with Crippen LogP contribution >= 0.6 is 0 Å². The van der Waals surface area contributed by atoms with Gasteiger partial charge < -0.3 is 16.0 Å². The van der Waals surface area contributed by atoms with Gasteiger partial charge in [-0.25, -0.2) is 0 Å². The lowest BCUT2D eigenvalue weighted by atomic mass is 9.96. The molecule has 0 unspecified atom stereocenters. The minimum absolute atomic E-state index is 0.259. The van der Waals surface area contributed by atoms with E-state index >= 15 is 0 Å². The molecule has 1 aliphatic carbocycles. The van der Waals surface area contributed by atoms with Crippen molar-refractivity contribution in [3.8, 4) is 0 Å². The van der Waals surface area contributed by atoms with Crippen LogP contribution in [0.15, 0.2) is 0 Å². The molecule has 0 aromatic carbocycles. The summed E-state index contributed by atoms with van der Waals surface area (Å²) in [5.74, 6) is 0.477. The van der Waals surface area contributed by atoms with Crippen LogP contribution in [-0.2, 0) is 4.79 Å². The van der Waals surface area contributed by atoms with E-state index < -0.39 is 0 Å². The molecule has 2 aliphatic rings. The second kappa shape index (κ2) is 4.94. The van der Waals surface area contributed by atoms with E-state index in [0.29, 0.717) is 6.54 Å². The first-order chi connectivity index (χ1) is 7.25. The van der Waals surface area contributed by atoms with Gasteiger partial charge in [-0.1, -0.05) is 0 Å². The van der Waals surface area contributed by atoms with Crippen LogP contribution in [0.3, 0.4) is 0 Å². The number of rotatable bonds is 5. The standard InChI is InChI=1S/C11H21N3O/c12-11(15)8-13-7-9-3-5-14(6-4-9)10-1-2-10/h9-10,13H,1-8H2,(H2,12,15). The Morgan fingerprint density at radius 3 is 2.47 bits per heavy atom. The highest BCUT2D eigenvalue weighted by Crippen LogP contribution is 2.30.